The molecular formula is C17H16N4O2S. The first-order valence-corrected chi connectivity index (χ1v) is 8.22. The van der Waals surface area contributed by atoms with Crippen LogP contribution in [0, 0.1) is 11.5 Å². The van der Waals surface area contributed by atoms with E-state index in [2.05, 4.69) is 15.6 Å². The van der Waals surface area contributed by atoms with Crippen molar-refractivity contribution in [1.29, 1.82) is 5.26 Å². The summed E-state index contributed by atoms with van der Waals surface area (Å²) in [6, 6.07) is 13.9. The lowest BCUT2D eigenvalue weighted by atomic mass is 10.2. The highest BCUT2D eigenvalue weighted by molar-refractivity contribution is 8.13. The average Bonchev–Trinajstić information content (AvgIpc) is 2.62. The first kappa shape index (κ1) is 17.4. The number of carbonyl (C=O) groups excluding carboxylic acids is 1. The van der Waals surface area contributed by atoms with Crippen LogP contribution in [0.1, 0.15) is 10.4 Å². The largest absolute Gasteiger partial charge is 0.497 e. The summed E-state index contributed by atoms with van der Waals surface area (Å²) in [6.45, 7) is 0. The van der Waals surface area contributed by atoms with Crippen LogP contribution in [0.5, 0.6) is 5.75 Å². The summed E-state index contributed by atoms with van der Waals surface area (Å²) in [5, 5.41) is 14.4. The number of methoxy groups -OCH3 is 1. The molecule has 0 aromatic heterocycles. The number of nitrogens with one attached hydrogen (secondary N) is 2. The molecule has 0 unspecified atom stereocenters. The van der Waals surface area contributed by atoms with Gasteiger partial charge in [0.2, 0.25) is 0 Å². The standard InChI is InChI=1S/C17H16N4O2S/c1-23-15-5-3-4-14(10-15)20-16(22)12-6-8-13(9-7-12)21-17(24-2)19-11-18/h3-10H,1-2H3,(H,19,21)(H,20,22). The molecule has 0 aliphatic heterocycles. The number of thioether (sulfide) groups is 1. The quantitative estimate of drug-likeness (QED) is 0.386. The Hall–Kier alpha value is -2.98. The summed E-state index contributed by atoms with van der Waals surface area (Å²) in [5.41, 5.74) is 1.82. The number of nitriles is 1. The van der Waals surface area contributed by atoms with Crippen LogP contribution in [0.3, 0.4) is 0 Å². The van der Waals surface area contributed by atoms with Gasteiger partial charge < -0.3 is 10.1 Å². The molecule has 0 spiro atoms. The van der Waals surface area contributed by atoms with Crippen LogP contribution in [-0.2, 0) is 0 Å². The molecule has 0 fully saturated rings. The highest BCUT2D eigenvalue weighted by Gasteiger charge is 2.07. The van der Waals surface area contributed by atoms with Crippen molar-refractivity contribution in [3.8, 4) is 11.9 Å². The summed E-state index contributed by atoms with van der Waals surface area (Å²) in [7, 11) is 1.57. The SMILES string of the molecule is COc1cccc(NC(=O)c2ccc(N=C(NC#N)SC)cc2)c1. The molecule has 1 amide bonds. The molecule has 0 aliphatic rings. The van der Waals surface area contributed by atoms with E-state index in [4.69, 9.17) is 10.00 Å². The number of hydrogen-bond donors (Lipinski definition) is 2. The molecule has 2 aromatic rings. The van der Waals surface area contributed by atoms with Gasteiger partial charge >= 0.3 is 0 Å². The van der Waals surface area contributed by atoms with E-state index in [1.807, 2.05) is 12.4 Å². The Morgan fingerprint density at radius 2 is 2.00 bits per heavy atom. The van der Waals surface area contributed by atoms with E-state index in [9.17, 15) is 4.79 Å². The van der Waals surface area contributed by atoms with Crippen molar-refractivity contribution in [2.75, 3.05) is 18.7 Å². The molecule has 122 valence electrons. The highest BCUT2D eigenvalue weighted by atomic mass is 32.2. The Morgan fingerprint density at radius 3 is 2.62 bits per heavy atom. The predicted octanol–water partition coefficient (Wildman–Crippen LogP) is 3.37. The van der Waals surface area contributed by atoms with Crippen molar-refractivity contribution in [2.45, 2.75) is 0 Å². The van der Waals surface area contributed by atoms with Crippen LogP contribution in [-0.4, -0.2) is 24.4 Å². The van der Waals surface area contributed by atoms with Gasteiger partial charge in [-0.05, 0) is 42.7 Å². The van der Waals surface area contributed by atoms with E-state index in [-0.39, 0.29) is 5.91 Å². The number of carbonyl (C=O) groups is 1. The van der Waals surface area contributed by atoms with Gasteiger partial charge in [-0.1, -0.05) is 17.8 Å². The number of benzene rings is 2. The summed E-state index contributed by atoms with van der Waals surface area (Å²) in [5.74, 6) is 0.450. The maximum Gasteiger partial charge on any atom is 0.255 e. The van der Waals surface area contributed by atoms with Crippen molar-refractivity contribution in [2.24, 2.45) is 4.99 Å². The molecule has 24 heavy (non-hydrogen) atoms. The minimum Gasteiger partial charge on any atom is -0.497 e. The van der Waals surface area contributed by atoms with Crippen molar-refractivity contribution >= 4 is 34.2 Å². The lowest BCUT2D eigenvalue weighted by molar-refractivity contribution is 0.102. The van der Waals surface area contributed by atoms with Gasteiger partial charge in [0.25, 0.3) is 5.91 Å². The number of anilines is 1. The number of amidine groups is 1. The van der Waals surface area contributed by atoms with Crippen LogP contribution in [0.2, 0.25) is 0 Å². The molecule has 0 aliphatic carbocycles. The summed E-state index contributed by atoms with van der Waals surface area (Å²) < 4.78 is 5.13. The first-order valence-electron chi connectivity index (χ1n) is 6.99. The van der Waals surface area contributed by atoms with Crippen molar-refractivity contribution in [1.82, 2.24) is 5.32 Å². The third kappa shape index (κ3) is 4.76. The number of rotatable bonds is 4. The van der Waals surface area contributed by atoms with Gasteiger partial charge in [0, 0.05) is 17.3 Å². The van der Waals surface area contributed by atoms with E-state index in [1.165, 1.54) is 11.8 Å². The van der Waals surface area contributed by atoms with Crippen molar-refractivity contribution in [3.05, 3.63) is 54.1 Å². The van der Waals surface area contributed by atoms with Crippen LogP contribution in [0.4, 0.5) is 11.4 Å². The molecule has 0 saturated heterocycles. The number of nitrogens with zero attached hydrogens (tertiary/aromatic N) is 2. The summed E-state index contributed by atoms with van der Waals surface area (Å²) >= 11 is 1.33. The summed E-state index contributed by atoms with van der Waals surface area (Å²) in [4.78, 5) is 16.5. The highest BCUT2D eigenvalue weighted by Crippen LogP contribution is 2.19. The molecule has 0 bridgehead atoms. The van der Waals surface area contributed by atoms with Gasteiger partial charge in [-0.25, -0.2) is 4.99 Å². The van der Waals surface area contributed by atoms with E-state index < -0.39 is 0 Å². The Kier molecular flexibility index (Phi) is 6.23. The van der Waals surface area contributed by atoms with Gasteiger partial charge in [0.15, 0.2) is 11.4 Å². The maximum absolute atomic E-state index is 12.3. The topological polar surface area (TPSA) is 86.5 Å². The fraction of sp³-hybridized carbons (Fsp3) is 0.118. The fourth-order valence-corrected chi connectivity index (χ4v) is 2.23. The van der Waals surface area contributed by atoms with Crippen LogP contribution in [0.15, 0.2) is 53.5 Å². The molecule has 0 saturated carbocycles. The van der Waals surface area contributed by atoms with Gasteiger partial charge in [0.1, 0.15) is 5.75 Å². The zero-order chi connectivity index (χ0) is 17.4. The Labute approximate surface area is 144 Å². The molecule has 0 atom stereocenters. The molecule has 2 rings (SSSR count). The van der Waals surface area contributed by atoms with Crippen LogP contribution in [0.25, 0.3) is 0 Å². The van der Waals surface area contributed by atoms with E-state index in [0.29, 0.717) is 27.9 Å². The second-order valence-corrected chi connectivity index (χ2v) is 5.39. The van der Waals surface area contributed by atoms with Gasteiger partial charge in [0.05, 0.1) is 12.8 Å². The molecular weight excluding hydrogens is 324 g/mol. The fourth-order valence-electron chi connectivity index (χ4n) is 1.88. The molecule has 2 N–H and O–H groups in total. The minimum atomic E-state index is -0.223. The lowest BCUT2D eigenvalue weighted by Crippen LogP contribution is -2.12. The van der Waals surface area contributed by atoms with Gasteiger partial charge in [-0.3, -0.25) is 10.1 Å². The Morgan fingerprint density at radius 1 is 1.25 bits per heavy atom. The zero-order valence-electron chi connectivity index (χ0n) is 13.2. The third-order valence-electron chi connectivity index (χ3n) is 3.04. The zero-order valence-corrected chi connectivity index (χ0v) is 14.1. The smallest absolute Gasteiger partial charge is 0.255 e. The number of ether oxygens (including phenoxy) is 1. The Balaban J connectivity index is 2.09. The molecule has 2 aromatic carbocycles. The predicted molar refractivity (Wildman–Crippen MR) is 96.7 cm³/mol. The molecule has 0 heterocycles. The van der Waals surface area contributed by atoms with Crippen LogP contribution < -0.4 is 15.4 Å². The minimum absolute atomic E-state index is 0.223. The number of amides is 1. The molecule has 7 heteroatoms. The monoisotopic (exact) mass is 340 g/mol. The normalized spacial score (nSPS) is 10.6. The molecule has 0 radical (unpaired) electrons. The second kappa shape index (κ2) is 8.60. The number of aliphatic imine (C=N–C) groups is 1. The first-order chi connectivity index (χ1) is 11.7. The maximum atomic E-state index is 12.3. The van der Waals surface area contributed by atoms with E-state index in [1.54, 1.807) is 55.6 Å². The van der Waals surface area contributed by atoms with E-state index in [0.717, 1.165) is 0 Å². The van der Waals surface area contributed by atoms with E-state index >= 15 is 0 Å². The second-order valence-electron chi connectivity index (χ2n) is 4.59. The third-order valence-corrected chi connectivity index (χ3v) is 3.62. The lowest BCUT2D eigenvalue weighted by Gasteiger charge is -2.07. The van der Waals surface area contributed by atoms with Crippen LogP contribution >= 0.6 is 11.8 Å². The number of hydrogen-bond acceptors (Lipinski definition) is 5. The van der Waals surface area contributed by atoms with Crippen molar-refractivity contribution < 1.29 is 9.53 Å². The van der Waals surface area contributed by atoms with Gasteiger partial charge in [-0.2, -0.15) is 5.26 Å². The summed E-state index contributed by atoms with van der Waals surface area (Å²) in [6.07, 6.45) is 3.65. The Bertz CT molecular complexity index is 782. The average molecular weight is 340 g/mol. The van der Waals surface area contributed by atoms with Crippen molar-refractivity contribution in [3.63, 3.8) is 0 Å². The van der Waals surface area contributed by atoms with Gasteiger partial charge in [-0.15, -0.1) is 0 Å². The molecule has 6 nitrogen and oxygen atoms in total.